The number of anilines is 1. The number of fused-ring (bicyclic) bond motifs is 1. The van der Waals surface area contributed by atoms with Crippen molar-refractivity contribution in [3.05, 3.63) is 71.9 Å². The molecule has 0 spiro atoms. The monoisotopic (exact) mass is 951 g/mol. The molecule has 68 heavy (non-hydrogen) atoms. The van der Waals surface area contributed by atoms with E-state index in [0.717, 1.165) is 18.2 Å². The number of nitrogen functional groups attached to an aromatic ring is 1. The van der Waals surface area contributed by atoms with Crippen LogP contribution in [-0.4, -0.2) is 138 Å². The number of rotatable bonds is 13. The van der Waals surface area contributed by atoms with Crippen LogP contribution in [0.25, 0.3) is 5.70 Å². The van der Waals surface area contributed by atoms with Crippen LogP contribution in [0.2, 0.25) is 0 Å². The molecule has 0 bridgehead atoms. The fourth-order valence-corrected chi connectivity index (χ4v) is 10.5. The largest absolute Gasteiger partial charge is 0.455 e. The number of methoxy groups -OCH3 is 1. The Bertz CT molecular complexity index is 2180. The van der Waals surface area contributed by atoms with Gasteiger partial charge in [0.2, 0.25) is 0 Å². The molecule has 4 heterocycles. The van der Waals surface area contributed by atoms with Crippen molar-refractivity contribution >= 4 is 41.0 Å². The standard InChI is InChI=1S/C50H71FN6O11/c1-12-38-50(8)41(57(47(62)68-50)24-17-16-23-56-28-36(53-54-56)34-21-18-22-35(52)26-34)31(4)39(58)29(2)27-48(6,63-11)43(32(5)42(59)49(7,51)46(61)65-38)67-45-40(37(55(9)10)25-30(3)64-45)66-44(60)33-19-14-13-15-20-33/h13-15,18-22,26,28-32,37-38,40-41,43,45,53-54H,12,16-17,23-25,27,52H2,1-11H3/t29-,30-,31+,32+,37+,38-,40-,41?,43-,45?,48+,49+,50-/m1/s1. The van der Waals surface area contributed by atoms with Crippen LogP contribution in [0.5, 0.6) is 0 Å². The number of benzene rings is 2. The highest BCUT2D eigenvalue weighted by Crippen LogP contribution is 2.44. The van der Waals surface area contributed by atoms with Crippen molar-refractivity contribution < 1.29 is 56.8 Å². The summed E-state index contributed by atoms with van der Waals surface area (Å²) in [5.74, 6) is -6.67. The molecule has 0 saturated carbocycles. The van der Waals surface area contributed by atoms with Crippen LogP contribution in [0.3, 0.4) is 0 Å². The van der Waals surface area contributed by atoms with E-state index in [9.17, 15) is 24.0 Å². The molecule has 4 N–H and O–H groups in total. The van der Waals surface area contributed by atoms with Crippen LogP contribution in [0.4, 0.5) is 14.9 Å². The molecule has 374 valence electrons. The van der Waals surface area contributed by atoms with Gasteiger partial charge in [-0.25, -0.2) is 18.8 Å². The number of cyclic esters (lactones) is 1. The van der Waals surface area contributed by atoms with E-state index < -0.39 is 101 Å². The molecule has 6 rings (SSSR count). The maximum absolute atomic E-state index is 17.2. The second-order valence-corrected chi connectivity index (χ2v) is 19.6. The molecule has 4 aliphatic rings. The van der Waals surface area contributed by atoms with Crippen molar-refractivity contribution in [2.24, 2.45) is 17.8 Å². The number of ether oxygens (including phenoxy) is 6. The van der Waals surface area contributed by atoms with Gasteiger partial charge in [0.25, 0.3) is 5.67 Å². The summed E-state index contributed by atoms with van der Waals surface area (Å²) >= 11 is 0. The summed E-state index contributed by atoms with van der Waals surface area (Å²) in [6.07, 6.45) is -2.62. The Kier molecular flexibility index (Phi) is 16.3. The summed E-state index contributed by atoms with van der Waals surface area (Å²) in [5, 5.41) is 1.88. The molecule has 18 heteroatoms. The number of likely N-dealkylation sites (N-methyl/N-ethyl adjacent to an activating group) is 1. The number of nitrogens with one attached hydrogen (secondary N) is 2. The van der Waals surface area contributed by atoms with Gasteiger partial charge in [0.1, 0.15) is 11.9 Å². The Hall–Kier alpha value is -5.14. The molecule has 4 aliphatic heterocycles. The second kappa shape index (κ2) is 21.2. The summed E-state index contributed by atoms with van der Waals surface area (Å²) in [7, 11) is 5.07. The average molecular weight is 951 g/mol. The summed E-state index contributed by atoms with van der Waals surface area (Å²) in [6, 6.07) is 14.5. The first-order valence-corrected chi connectivity index (χ1v) is 23.7. The molecule has 3 fully saturated rings. The maximum Gasteiger partial charge on any atom is 0.410 e. The van der Waals surface area contributed by atoms with Crippen molar-refractivity contribution in [1.82, 2.24) is 25.8 Å². The lowest BCUT2D eigenvalue weighted by Crippen LogP contribution is -2.62. The summed E-state index contributed by atoms with van der Waals surface area (Å²) in [6.45, 7) is 13.2. The zero-order valence-corrected chi connectivity index (χ0v) is 41.3. The molecule has 0 aliphatic carbocycles. The van der Waals surface area contributed by atoms with Gasteiger partial charge in [-0.05, 0) is 98.2 Å². The molecule has 13 atom stereocenters. The highest BCUT2D eigenvalue weighted by atomic mass is 19.1. The quantitative estimate of drug-likeness (QED) is 0.0711. The minimum absolute atomic E-state index is 0.0480. The number of ketones is 2. The van der Waals surface area contributed by atoms with E-state index in [1.165, 1.54) is 18.9 Å². The van der Waals surface area contributed by atoms with Gasteiger partial charge in [-0.2, -0.15) is 0 Å². The zero-order chi connectivity index (χ0) is 49.9. The van der Waals surface area contributed by atoms with Crippen LogP contribution in [0, 0.1) is 17.8 Å². The van der Waals surface area contributed by atoms with Crippen LogP contribution >= 0.6 is 0 Å². The highest BCUT2D eigenvalue weighted by Gasteiger charge is 2.62. The fourth-order valence-electron chi connectivity index (χ4n) is 10.5. The van der Waals surface area contributed by atoms with Gasteiger partial charge in [-0.15, -0.1) is 5.53 Å². The van der Waals surface area contributed by atoms with E-state index in [-0.39, 0.29) is 25.2 Å². The number of nitrogens with two attached hydrogens (primary N) is 1. The molecule has 1 amide bonds. The number of amides is 1. The van der Waals surface area contributed by atoms with Crippen molar-refractivity contribution in [3.63, 3.8) is 0 Å². The molecule has 0 aromatic heterocycles. The normalized spacial score (nSPS) is 35.0. The number of carbonyl (C=O) groups is 5. The van der Waals surface area contributed by atoms with Crippen LogP contribution in [0.15, 0.2) is 60.8 Å². The lowest BCUT2D eigenvalue weighted by molar-refractivity contribution is -0.295. The van der Waals surface area contributed by atoms with Crippen LogP contribution in [0.1, 0.15) is 103 Å². The predicted octanol–water partition coefficient (Wildman–Crippen LogP) is 5.83. The van der Waals surface area contributed by atoms with Crippen molar-refractivity contribution in [1.29, 1.82) is 0 Å². The highest BCUT2D eigenvalue weighted by molar-refractivity contribution is 6.08. The third-order valence-electron chi connectivity index (χ3n) is 14.3. The Labute approximate surface area is 399 Å². The first kappa shape index (κ1) is 52.2. The van der Waals surface area contributed by atoms with E-state index in [1.807, 2.05) is 61.4 Å². The molecule has 17 nitrogen and oxygen atoms in total. The van der Waals surface area contributed by atoms with Gasteiger partial charge in [0, 0.05) is 55.4 Å². The number of alkyl halides is 1. The van der Waals surface area contributed by atoms with Crippen molar-refractivity contribution in [3.8, 4) is 0 Å². The van der Waals surface area contributed by atoms with Gasteiger partial charge >= 0.3 is 18.0 Å². The predicted molar refractivity (Wildman–Crippen MR) is 251 cm³/mol. The number of nitrogens with zero attached hydrogens (tertiary/aromatic N) is 3. The molecular weight excluding hydrogens is 880 g/mol. The average Bonchev–Trinajstić information content (AvgIpc) is 3.89. The van der Waals surface area contributed by atoms with Crippen LogP contribution in [-0.2, 0) is 42.8 Å². The lowest BCUT2D eigenvalue weighted by Gasteiger charge is -2.48. The van der Waals surface area contributed by atoms with Crippen molar-refractivity contribution in [2.75, 3.05) is 40.0 Å². The summed E-state index contributed by atoms with van der Waals surface area (Å²) in [4.78, 5) is 74.7. The SMILES string of the molecule is CC[C@H]1OC(=O)[C@@](C)(F)C(=O)[C@H](C)[C@@H](OC2O[C@H](C)C[C@H](N(C)C)[C@H]2OC(=O)c2ccccc2)[C@@](C)(OC)C[C@@H](C)C(=O)[C@H](C)C2N(CCCCN3C=C(c4cccc(N)c4)NN3)C(=O)O[C@@]21C. The number of Topliss-reactive ketones (excluding diaryl/α,β-unsaturated/α-hetero) is 2. The minimum Gasteiger partial charge on any atom is -0.455 e. The second-order valence-electron chi connectivity index (χ2n) is 19.6. The molecular formula is C50H71FN6O11. The van der Waals surface area contributed by atoms with Gasteiger partial charge in [-0.3, -0.25) is 14.6 Å². The fraction of sp³-hybridized carbons (Fsp3) is 0.620. The zero-order valence-electron chi connectivity index (χ0n) is 41.3. The summed E-state index contributed by atoms with van der Waals surface area (Å²) < 4.78 is 54.8. The van der Waals surface area contributed by atoms with Gasteiger partial charge in [-0.1, -0.05) is 58.0 Å². The number of unbranched alkanes of at least 4 members (excludes halogenated alkanes) is 1. The molecule has 2 unspecified atom stereocenters. The maximum atomic E-state index is 17.2. The van der Waals surface area contributed by atoms with E-state index in [2.05, 4.69) is 11.0 Å². The minimum atomic E-state index is -3.24. The topological polar surface area (TPSA) is 201 Å². The molecule has 0 radical (unpaired) electrons. The number of hydrazine groups is 2. The number of esters is 2. The summed E-state index contributed by atoms with van der Waals surface area (Å²) in [5.41, 5.74) is 8.54. The Morgan fingerprint density at radius 2 is 1.66 bits per heavy atom. The van der Waals surface area contributed by atoms with Gasteiger partial charge < -0.3 is 49.4 Å². The van der Waals surface area contributed by atoms with E-state index in [0.29, 0.717) is 37.1 Å². The molecule has 2 aromatic carbocycles. The first-order chi connectivity index (χ1) is 32.1. The lowest BCUT2D eigenvalue weighted by atomic mass is 9.73. The van der Waals surface area contributed by atoms with E-state index >= 15 is 4.39 Å². The van der Waals surface area contributed by atoms with Crippen LogP contribution < -0.4 is 16.7 Å². The van der Waals surface area contributed by atoms with Gasteiger partial charge in [0.05, 0.1) is 41.2 Å². The molecule has 2 aromatic rings. The third-order valence-corrected chi connectivity index (χ3v) is 14.3. The van der Waals surface area contributed by atoms with E-state index in [1.54, 1.807) is 65.0 Å². The van der Waals surface area contributed by atoms with Crippen molar-refractivity contribution in [2.45, 2.75) is 147 Å². The Morgan fingerprint density at radius 3 is 2.31 bits per heavy atom. The Balaban J connectivity index is 1.31. The number of halogens is 1. The number of hydrogen-bond acceptors (Lipinski definition) is 16. The smallest absolute Gasteiger partial charge is 0.410 e. The van der Waals surface area contributed by atoms with E-state index in [4.69, 9.17) is 34.2 Å². The Morgan fingerprint density at radius 1 is 0.971 bits per heavy atom. The van der Waals surface area contributed by atoms with Gasteiger partial charge in [0.15, 0.2) is 23.8 Å². The third kappa shape index (κ3) is 10.8. The first-order valence-electron chi connectivity index (χ1n) is 23.7. The molecule has 3 saturated heterocycles. The number of hydrogen-bond donors (Lipinski definition) is 3. The number of carbonyl (C=O) groups excluding carboxylic acids is 5.